The van der Waals surface area contributed by atoms with Crippen LogP contribution in [-0.4, -0.2) is 31.5 Å². The minimum atomic E-state index is -3.98. The van der Waals surface area contributed by atoms with Gasteiger partial charge in [0.25, 0.3) is 0 Å². The lowest BCUT2D eigenvalue weighted by atomic mass is 10.2. The minimum Gasteiger partial charge on any atom is -0.444 e. The smallest absolute Gasteiger partial charge is 0.425 e. The zero-order valence-corrected chi connectivity index (χ0v) is 10.6. The summed E-state index contributed by atoms with van der Waals surface area (Å²) in [4.78, 5) is 11.6. The van der Waals surface area contributed by atoms with Gasteiger partial charge < -0.3 is 4.74 Å². The normalized spacial score (nSPS) is 21.8. The third-order valence-corrected chi connectivity index (χ3v) is 3.80. The van der Waals surface area contributed by atoms with Crippen LogP contribution in [-0.2, 0) is 25.8 Å². The highest BCUT2D eigenvalue weighted by Crippen LogP contribution is 2.18. The average molecular weight is 271 g/mol. The molecule has 1 saturated heterocycles. The molecule has 98 valence electrons. The van der Waals surface area contributed by atoms with Crippen LogP contribution in [0.3, 0.4) is 0 Å². The molecule has 0 aromatic heterocycles. The van der Waals surface area contributed by atoms with Gasteiger partial charge in [-0.2, -0.15) is 12.7 Å². The summed E-state index contributed by atoms with van der Waals surface area (Å²) in [6, 6.07) is 9.02. The number of nitrogens with zero attached hydrogens (tertiary/aromatic N) is 1. The Morgan fingerprint density at radius 3 is 2.67 bits per heavy atom. The molecule has 1 amide bonds. The fraction of sp³-hybridized carbons (Fsp3) is 0.364. The molecule has 18 heavy (non-hydrogen) atoms. The van der Waals surface area contributed by atoms with Crippen LogP contribution < -0.4 is 0 Å². The Balaban J connectivity index is 1.97. The van der Waals surface area contributed by atoms with Gasteiger partial charge in [0.1, 0.15) is 6.61 Å². The summed E-state index contributed by atoms with van der Waals surface area (Å²) in [5, 5.41) is 0. The van der Waals surface area contributed by atoms with Crippen LogP contribution in [0.15, 0.2) is 30.3 Å². The molecule has 1 fully saturated rings. The van der Waals surface area contributed by atoms with Crippen molar-refractivity contribution < 1.29 is 22.1 Å². The molecule has 1 atom stereocenters. The summed E-state index contributed by atoms with van der Waals surface area (Å²) in [5.41, 5.74) is 0.788. The highest BCUT2D eigenvalue weighted by Gasteiger charge is 2.39. The first-order chi connectivity index (χ1) is 8.49. The predicted molar refractivity (Wildman–Crippen MR) is 62.8 cm³/mol. The molecule has 1 aliphatic rings. The number of carbonyl (C=O) groups excluding carboxylic acids is 1. The van der Waals surface area contributed by atoms with Crippen molar-refractivity contribution in [3.05, 3.63) is 35.9 Å². The van der Waals surface area contributed by atoms with Gasteiger partial charge in [-0.25, -0.2) is 8.98 Å². The Morgan fingerprint density at radius 1 is 1.44 bits per heavy atom. The quantitative estimate of drug-likeness (QED) is 0.810. The predicted octanol–water partition coefficient (Wildman–Crippen LogP) is 1.29. The van der Waals surface area contributed by atoms with Gasteiger partial charge >= 0.3 is 16.4 Å². The number of hydrogen-bond donors (Lipinski definition) is 0. The van der Waals surface area contributed by atoms with Crippen molar-refractivity contribution in [2.75, 3.05) is 6.54 Å². The Hall–Kier alpha value is -1.60. The van der Waals surface area contributed by atoms with E-state index >= 15 is 0 Å². The molecule has 0 bridgehead atoms. The second-order valence-corrected chi connectivity index (χ2v) is 5.42. The maximum Gasteiger partial charge on any atom is 0.425 e. The van der Waals surface area contributed by atoms with E-state index in [2.05, 4.69) is 4.18 Å². The first-order valence-corrected chi connectivity index (χ1v) is 6.77. The van der Waals surface area contributed by atoms with Crippen LogP contribution in [0.25, 0.3) is 0 Å². The van der Waals surface area contributed by atoms with Gasteiger partial charge in [-0.05, 0) is 12.5 Å². The molecule has 0 spiro atoms. The van der Waals surface area contributed by atoms with E-state index in [1.165, 1.54) is 0 Å². The first-order valence-electron chi connectivity index (χ1n) is 5.40. The summed E-state index contributed by atoms with van der Waals surface area (Å²) in [5.74, 6) is 0. The van der Waals surface area contributed by atoms with E-state index in [4.69, 9.17) is 4.74 Å². The number of rotatable bonds is 2. The van der Waals surface area contributed by atoms with E-state index in [1.54, 1.807) is 31.2 Å². The third kappa shape index (κ3) is 2.80. The highest BCUT2D eigenvalue weighted by atomic mass is 32.2. The van der Waals surface area contributed by atoms with Crippen molar-refractivity contribution in [2.45, 2.75) is 19.6 Å². The number of amides is 1. The Morgan fingerprint density at radius 2 is 2.11 bits per heavy atom. The van der Waals surface area contributed by atoms with Gasteiger partial charge in [0.2, 0.25) is 0 Å². The van der Waals surface area contributed by atoms with Crippen molar-refractivity contribution in [1.29, 1.82) is 0 Å². The SMILES string of the molecule is C[C@H]1CN(C(=O)OCc2ccccc2)S(=O)(=O)O1. The van der Waals surface area contributed by atoms with E-state index in [1.807, 2.05) is 6.07 Å². The van der Waals surface area contributed by atoms with Crippen molar-refractivity contribution >= 4 is 16.4 Å². The lowest BCUT2D eigenvalue weighted by Gasteiger charge is -2.12. The van der Waals surface area contributed by atoms with Gasteiger partial charge in [0.15, 0.2) is 0 Å². The van der Waals surface area contributed by atoms with E-state index in [0.29, 0.717) is 4.31 Å². The largest absolute Gasteiger partial charge is 0.444 e. The van der Waals surface area contributed by atoms with E-state index in [-0.39, 0.29) is 13.2 Å². The molecule has 2 rings (SSSR count). The number of carbonyl (C=O) groups is 1. The topological polar surface area (TPSA) is 72.9 Å². The maximum absolute atomic E-state index is 11.6. The molecule has 1 heterocycles. The van der Waals surface area contributed by atoms with Crippen LogP contribution in [0.1, 0.15) is 12.5 Å². The van der Waals surface area contributed by atoms with Crippen LogP contribution in [0.4, 0.5) is 4.79 Å². The van der Waals surface area contributed by atoms with Crippen molar-refractivity contribution in [1.82, 2.24) is 4.31 Å². The lowest BCUT2D eigenvalue weighted by Crippen LogP contribution is -2.33. The summed E-state index contributed by atoms with van der Waals surface area (Å²) < 4.78 is 33.0. The lowest BCUT2D eigenvalue weighted by molar-refractivity contribution is 0.120. The average Bonchev–Trinajstić information content (AvgIpc) is 2.61. The molecule has 7 heteroatoms. The van der Waals surface area contributed by atoms with Crippen LogP contribution in [0.5, 0.6) is 0 Å². The Bertz CT molecular complexity index is 528. The molecule has 0 unspecified atom stereocenters. The molecule has 0 aliphatic carbocycles. The minimum absolute atomic E-state index is 0.0179. The van der Waals surface area contributed by atoms with Gasteiger partial charge in [0, 0.05) is 0 Å². The molecular weight excluding hydrogens is 258 g/mol. The second kappa shape index (κ2) is 4.95. The first kappa shape index (κ1) is 12.8. The summed E-state index contributed by atoms with van der Waals surface area (Å²) in [7, 11) is -3.98. The summed E-state index contributed by atoms with van der Waals surface area (Å²) in [6.45, 7) is 1.58. The zero-order chi connectivity index (χ0) is 13.2. The second-order valence-electron chi connectivity index (χ2n) is 3.94. The number of hydrogen-bond acceptors (Lipinski definition) is 5. The van der Waals surface area contributed by atoms with Crippen molar-refractivity contribution in [3.8, 4) is 0 Å². The third-order valence-electron chi connectivity index (χ3n) is 2.39. The fourth-order valence-corrected chi connectivity index (χ4v) is 2.78. The maximum atomic E-state index is 11.6. The van der Waals surface area contributed by atoms with Crippen LogP contribution in [0, 0.1) is 0 Å². The molecule has 0 N–H and O–H groups in total. The van der Waals surface area contributed by atoms with Crippen LogP contribution >= 0.6 is 0 Å². The van der Waals surface area contributed by atoms with E-state index in [9.17, 15) is 13.2 Å². The van der Waals surface area contributed by atoms with E-state index < -0.39 is 22.5 Å². The number of ether oxygens (including phenoxy) is 1. The Kier molecular flexibility index (Phi) is 3.53. The molecule has 1 aromatic carbocycles. The van der Waals surface area contributed by atoms with Crippen molar-refractivity contribution in [3.63, 3.8) is 0 Å². The summed E-state index contributed by atoms with van der Waals surface area (Å²) in [6.07, 6.45) is -1.46. The van der Waals surface area contributed by atoms with Crippen molar-refractivity contribution in [2.24, 2.45) is 0 Å². The molecule has 0 saturated carbocycles. The standard InChI is InChI=1S/C11H13NO5S/c1-9-7-12(18(14,15)17-9)11(13)16-8-10-5-3-2-4-6-10/h2-6,9H,7-8H2,1H3/t9-/m0/s1. The highest BCUT2D eigenvalue weighted by molar-refractivity contribution is 7.85. The monoisotopic (exact) mass is 271 g/mol. The zero-order valence-electron chi connectivity index (χ0n) is 9.78. The van der Waals surface area contributed by atoms with Gasteiger partial charge in [0.05, 0.1) is 12.6 Å². The molecular formula is C11H13NO5S. The molecule has 1 aliphatic heterocycles. The van der Waals surface area contributed by atoms with Gasteiger partial charge in [-0.15, -0.1) is 0 Å². The summed E-state index contributed by atoms with van der Waals surface area (Å²) >= 11 is 0. The Labute approximate surface area is 105 Å². The van der Waals surface area contributed by atoms with Gasteiger partial charge in [-0.3, -0.25) is 0 Å². The fourth-order valence-electron chi connectivity index (χ4n) is 1.57. The molecule has 1 aromatic rings. The van der Waals surface area contributed by atoms with E-state index in [0.717, 1.165) is 5.56 Å². The number of benzene rings is 1. The van der Waals surface area contributed by atoms with Gasteiger partial charge in [-0.1, -0.05) is 30.3 Å². The molecule has 6 nitrogen and oxygen atoms in total. The van der Waals surface area contributed by atoms with Crippen LogP contribution in [0.2, 0.25) is 0 Å². The molecule has 0 radical (unpaired) electrons.